The van der Waals surface area contributed by atoms with Crippen LogP contribution in [0, 0.1) is 17.8 Å². The average Bonchev–Trinajstić information content (AvgIpc) is 2.82. The Morgan fingerprint density at radius 3 is 2.89 bits per heavy atom. The summed E-state index contributed by atoms with van der Waals surface area (Å²) in [5, 5.41) is 1.25. The number of allylic oxidation sites excluding steroid dienone is 1. The predicted molar refractivity (Wildman–Crippen MR) is 79.2 cm³/mol. The van der Waals surface area contributed by atoms with Gasteiger partial charge in [-0.25, -0.2) is 0 Å². The molecule has 92 valence electrons. The Morgan fingerprint density at radius 2 is 2.17 bits per heavy atom. The molecule has 0 aliphatic heterocycles. The van der Waals surface area contributed by atoms with Crippen molar-refractivity contribution in [1.82, 2.24) is 4.98 Å². The third-order valence-electron chi connectivity index (χ3n) is 3.30. The van der Waals surface area contributed by atoms with Crippen LogP contribution in [0.4, 0.5) is 0 Å². The van der Waals surface area contributed by atoms with E-state index in [1.165, 1.54) is 22.0 Å². The Labute approximate surface area is 109 Å². The minimum atomic E-state index is 0.413. The highest BCUT2D eigenvalue weighted by Gasteiger charge is 2.10. The first-order valence-corrected chi connectivity index (χ1v) is 6.42. The van der Waals surface area contributed by atoms with Crippen LogP contribution in [0.1, 0.15) is 32.3 Å². The first-order chi connectivity index (χ1) is 8.76. The largest absolute Gasteiger partial charge is 0.361 e. The molecule has 1 unspecified atom stereocenters. The van der Waals surface area contributed by atoms with E-state index in [1.807, 2.05) is 13.0 Å². The maximum absolute atomic E-state index is 4.23. The molecule has 1 aromatic heterocycles. The number of benzene rings is 1. The van der Waals surface area contributed by atoms with E-state index < -0.39 is 0 Å². The molecule has 0 saturated heterocycles. The zero-order valence-corrected chi connectivity index (χ0v) is 11.1. The highest BCUT2D eigenvalue weighted by molar-refractivity contribution is 5.92. The molecular weight excluding hydrogens is 218 g/mol. The molecule has 0 aliphatic carbocycles. The zero-order valence-electron chi connectivity index (χ0n) is 11.1. The molecule has 0 spiro atoms. The van der Waals surface area contributed by atoms with Gasteiger partial charge in [0.25, 0.3) is 0 Å². The molecule has 0 bridgehead atoms. The van der Waals surface area contributed by atoms with E-state index in [9.17, 15) is 0 Å². The summed E-state index contributed by atoms with van der Waals surface area (Å²) in [6.45, 7) is 8.31. The van der Waals surface area contributed by atoms with Gasteiger partial charge in [0.05, 0.1) is 0 Å². The van der Waals surface area contributed by atoms with Gasteiger partial charge in [-0.3, -0.25) is 0 Å². The number of aromatic nitrogens is 1. The molecule has 2 rings (SSSR count). The van der Waals surface area contributed by atoms with Gasteiger partial charge in [-0.15, -0.1) is 5.92 Å². The molecule has 1 heterocycles. The number of hydrogen-bond donors (Lipinski definition) is 1. The Morgan fingerprint density at radius 1 is 1.39 bits per heavy atom. The zero-order chi connectivity index (χ0) is 13.0. The molecule has 2 aromatic rings. The molecule has 1 heteroatoms. The van der Waals surface area contributed by atoms with Crippen LogP contribution in [0.2, 0.25) is 0 Å². The van der Waals surface area contributed by atoms with Crippen LogP contribution in [-0.4, -0.2) is 4.98 Å². The van der Waals surface area contributed by atoms with Gasteiger partial charge in [0.15, 0.2) is 0 Å². The fourth-order valence-corrected chi connectivity index (χ4v) is 2.27. The van der Waals surface area contributed by atoms with Gasteiger partial charge in [0.2, 0.25) is 0 Å². The normalized spacial score (nSPS) is 11.9. The van der Waals surface area contributed by atoms with Crippen molar-refractivity contribution in [2.45, 2.75) is 26.7 Å². The Balaban J connectivity index is 2.25. The van der Waals surface area contributed by atoms with Crippen molar-refractivity contribution in [2.24, 2.45) is 5.92 Å². The molecule has 0 saturated carbocycles. The van der Waals surface area contributed by atoms with Crippen molar-refractivity contribution >= 4 is 16.5 Å². The lowest BCUT2D eigenvalue weighted by molar-refractivity contribution is 0.670. The number of para-hydroxylation sites is 1. The molecule has 0 radical (unpaired) electrons. The topological polar surface area (TPSA) is 15.8 Å². The summed E-state index contributed by atoms with van der Waals surface area (Å²) >= 11 is 0. The standard InChI is InChI=1S/C17H19N/c1-4-8-14(5-2)11-13(3)16-12-18-17-10-7-6-9-15(16)17/h6-7,9-10,12,14,18H,3,5,11H2,1-2H3. The second-order valence-corrected chi connectivity index (χ2v) is 4.56. The molecule has 1 atom stereocenters. The smallest absolute Gasteiger partial charge is 0.0460 e. The van der Waals surface area contributed by atoms with Crippen LogP contribution in [0.25, 0.3) is 16.5 Å². The van der Waals surface area contributed by atoms with E-state index in [0.29, 0.717) is 5.92 Å². The maximum atomic E-state index is 4.23. The fourth-order valence-electron chi connectivity index (χ4n) is 2.27. The minimum absolute atomic E-state index is 0.413. The molecule has 0 fully saturated rings. The minimum Gasteiger partial charge on any atom is -0.361 e. The predicted octanol–water partition coefficient (Wildman–Crippen LogP) is 4.62. The molecular formula is C17H19N. The fraction of sp³-hybridized carbons (Fsp3) is 0.294. The van der Waals surface area contributed by atoms with Crippen molar-refractivity contribution in [3.05, 3.63) is 42.6 Å². The summed E-state index contributed by atoms with van der Waals surface area (Å²) in [6.07, 6.45) is 4.07. The SMILES string of the molecule is C=C(CC(C#CC)CC)c1c[nH]c2ccccc12. The van der Waals surface area contributed by atoms with Crippen LogP contribution in [0.3, 0.4) is 0 Å². The Bertz CT molecular complexity index is 607. The quantitative estimate of drug-likeness (QED) is 0.747. The second-order valence-electron chi connectivity index (χ2n) is 4.56. The van der Waals surface area contributed by atoms with E-state index in [2.05, 4.69) is 54.7 Å². The van der Waals surface area contributed by atoms with Gasteiger partial charge in [-0.2, -0.15) is 0 Å². The highest BCUT2D eigenvalue weighted by atomic mass is 14.7. The summed E-state index contributed by atoms with van der Waals surface area (Å²) in [6, 6.07) is 8.34. The average molecular weight is 237 g/mol. The van der Waals surface area contributed by atoms with Crippen LogP contribution in [0.15, 0.2) is 37.0 Å². The van der Waals surface area contributed by atoms with Crippen molar-refractivity contribution in [2.75, 3.05) is 0 Å². The lowest BCUT2D eigenvalue weighted by Crippen LogP contribution is -1.96. The number of H-pyrrole nitrogens is 1. The highest BCUT2D eigenvalue weighted by Crippen LogP contribution is 2.28. The number of nitrogens with one attached hydrogen (secondary N) is 1. The summed E-state index contributed by atoms with van der Waals surface area (Å²) in [7, 11) is 0. The number of rotatable bonds is 4. The van der Waals surface area contributed by atoms with E-state index in [-0.39, 0.29) is 0 Å². The van der Waals surface area contributed by atoms with Gasteiger partial charge in [-0.1, -0.05) is 37.6 Å². The van der Waals surface area contributed by atoms with E-state index in [1.54, 1.807) is 0 Å². The van der Waals surface area contributed by atoms with Crippen molar-refractivity contribution in [3.8, 4) is 11.8 Å². The van der Waals surface area contributed by atoms with Gasteiger partial charge >= 0.3 is 0 Å². The third-order valence-corrected chi connectivity index (χ3v) is 3.30. The summed E-state index contributed by atoms with van der Waals surface area (Å²) in [4.78, 5) is 3.30. The van der Waals surface area contributed by atoms with Crippen LogP contribution >= 0.6 is 0 Å². The first kappa shape index (κ1) is 12.5. The number of hydrogen-bond acceptors (Lipinski definition) is 0. The van der Waals surface area contributed by atoms with Crippen molar-refractivity contribution in [1.29, 1.82) is 0 Å². The molecule has 18 heavy (non-hydrogen) atoms. The number of aromatic amines is 1. The van der Waals surface area contributed by atoms with Crippen LogP contribution in [-0.2, 0) is 0 Å². The van der Waals surface area contributed by atoms with Gasteiger partial charge in [0.1, 0.15) is 0 Å². The van der Waals surface area contributed by atoms with Crippen LogP contribution < -0.4 is 0 Å². The van der Waals surface area contributed by atoms with E-state index in [0.717, 1.165) is 12.8 Å². The van der Waals surface area contributed by atoms with E-state index in [4.69, 9.17) is 0 Å². The van der Waals surface area contributed by atoms with Crippen molar-refractivity contribution < 1.29 is 0 Å². The monoisotopic (exact) mass is 237 g/mol. The first-order valence-electron chi connectivity index (χ1n) is 6.42. The summed E-state index contributed by atoms with van der Waals surface area (Å²) < 4.78 is 0. The van der Waals surface area contributed by atoms with E-state index >= 15 is 0 Å². The van der Waals surface area contributed by atoms with Crippen molar-refractivity contribution in [3.63, 3.8) is 0 Å². The molecule has 1 nitrogen and oxygen atoms in total. The second kappa shape index (κ2) is 5.60. The summed E-state index contributed by atoms with van der Waals surface area (Å²) in [5.74, 6) is 6.67. The summed E-state index contributed by atoms with van der Waals surface area (Å²) in [5.41, 5.74) is 3.56. The Kier molecular flexibility index (Phi) is 3.89. The van der Waals surface area contributed by atoms with Gasteiger partial charge in [0, 0.05) is 28.6 Å². The number of fused-ring (bicyclic) bond motifs is 1. The Hall–Kier alpha value is -1.94. The molecule has 0 aliphatic rings. The van der Waals surface area contributed by atoms with Crippen LogP contribution in [0.5, 0.6) is 0 Å². The molecule has 1 aromatic carbocycles. The maximum Gasteiger partial charge on any atom is 0.0460 e. The molecule has 1 N–H and O–H groups in total. The lowest BCUT2D eigenvalue weighted by atomic mass is 9.94. The van der Waals surface area contributed by atoms with Gasteiger partial charge < -0.3 is 4.98 Å². The van der Waals surface area contributed by atoms with Gasteiger partial charge in [-0.05, 0) is 31.4 Å². The lowest BCUT2D eigenvalue weighted by Gasteiger charge is -2.10. The molecule has 0 amide bonds. The third kappa shape index (κ3) is 2.49.